The smallest absolute Gasteiger partial charge is 0.278 e. The van der Waals surface area contributed by atoms with Gasteiger partial charge in [0.2, 0.25) is 0 Å². The lowest BCUT2D eigenvalue weighted by Crippen LogP contribution is -1.80. The number of hydrogen-bond acceptors (Lipinski definition) is 1. The van der Waals surface area contributed by atoms with Crippen LogP contribution in [0.5, 0.6) is 0 Å². The van der Waals surface area contributed by atoms with E-state index in [1.165, 1.54) is 0 Å². The number of aromatic amines is 1. The van der Waals surface area contributed by atoms with Gasteiger partial charge in [0.15, 0.2) is 0 Å². The molecule has 2 aromatic rings. The molecule has 0 unspecified atom stereocenters. The monoisotopic (exact) mass is 264 g/mol. The van der Waals surface area contributed by atoms with Crippen molar-refractivity contribution in [3.05, 3.63) is 52.5 Å². The van der Waals surface area contributed by atoms with Crippen LogP contribution in [0.25, 0.3) is 0 Å². The zero-order valence-electron chi connectivity index (χ0n) is 8.00. The van der Waals surface area contributed by atoms with Crippen molar-refractivity contribution in [3.8, 4) is 0 Å². The minimum absolute atomic E-state index is 0.0527. The van der Waals surface area contributed by atoms with Crippen molar-refractivity contribution >= 4 is 23.2 Å². The molecule has 0 aliphatic carbocycles. The van der Waals surface area contributed by atoms with E-state index in [2.05, 4.69) is 9.97 Å². The van der Waals surface area contributed by atoms with Crippen LogP contribution >= 0.6 is 23.2 Å². The van der Waals surface area contributed by atoms with E-state index in [0.717, 1.165) is 6.07 Å². The molecule has 0 radical (unpaired) electrons. The zero-order chi connectivity index (χ0) is 12.0. The fraction of sp³-hybridized carbons (Fsp3) is 0.100. The van der Waals surface area contributed by atoms with E-state index < -0.39 is 6.43 Å². The Morgan fingerprint density at radius 3 is 1.94 bits per heavy atom. The van der Waals surface area contributed by atoms with Crippen LogP contribution < -0.4 is 0 Å². The Balaban J connectivity index is 0.000000181. The highest BCUT2D eigenvalue weighted by molar-refractivity contribution is 6.41. The SMILES string of the molecule is FC(F)c1cc(Cl)c(Cl)[nH]1.c1ccncc1. The molecule has 0 saturated heterocycles. The van der Waals surface area contributed by atoms with Crippen molar-refractivity contribution in [1.82, 2.24) is 9.97 Å². The van der Waals surface area contributed by atoms with Crippen molar-refractivity contribution < 1.29 is 8.78 Å². The lowest BCUT2D eigenvalue weighted by Gasteiger charge is -1.89. The first kappa shape index (κ1) is 12.9. The van der Waals surface area contributed by atoms with Gasteiger partial charge in [-0.15, -0.1) is 0 Å². The Bertz CT molecular complexity index is 372. The van der Waals surface area contributed by atoms with Crippen LogP contribution in [-0.2, 0) is 0 Å². The second-order valence-corrected chi connectivity index (χ2v) is 3.50. The van der Waals surface area contributed by atoms with Gasteiger partial charge in [0.25, 0.3) is 6.43 Å². The molecule has 86 valence electrons. The van der Waals surface area contributed by atoms with E-state index >= 15 is 0 Å². The molecule has 1 N–H and O–H groups in total. The van der Waals surface area contributed by atoms with Crippen molar-refractivity contribution in [1.29, 1.82) is 0 Å². The Labute approximate surface area is 101 Å². The number of aromatic nitrogens is 2. The van der Waals surface area contributed by atoms with Crippen LogP contribution in [-0.4, -0.2) is 9.97 Å². The Morgan fingerprint density at radius 2 is 1.75 bits per heavy atom. The lowest BCUT2D eigenvalue weighted by molar-refractivity contribution is 0.147. The summed E-state index contributed by atoms with van der Waals surface area (Å²) in [4.78, 5) is 6.01. The number of halogens is 4. The quantitative estimate of drug-likeness (QED) is 0.816. The maximum atomic E-state index is 11.8. The average molecular weight is 265 g/mol. The van der Waals surface area contributed by atoms with Gasteiger partial charge in [0, 0.05) is 12.4 Å². The summed E-state index contributed by atoms with van der Waals surface area (Å²) >= 11 is 10.7. The van der Waals surface area contributed by atoms with Gasteiger partial charge >= 0.3 is 0 Å². The van der Waals surface area contributed by atoms with Gasteiger partial charge in [-0.1, -0.05) is 29.3 Å². The van der Waals surface area contributed by atoms with E-state index in [-0.39, 0.29) is 15.9 Å². The van der Waals surface area contributed by atoms with Crippen molar-refractivity contribution in [2.75, 3.05) is 0 Å². The molecule has 2 heterocycles. The summed E-state index contributed by atoms with van der Waals surface area (Å²) in [5.41, 5.74) is -0.255. The molecule has 0 saturated carbocycles. The molecule has 16 heavy (non-hydrogen) atoms. The van der Waals surface area contributed by atoms with Gasteiger partial charge in [-0.05, 0) is 18.2 Å². The number of nitrogens with zero attached hydrogens (tertiary/aromatic N) is 1. The molecule has 2 rings (SSSR count). The molecule has 0 aliphatic rings. The first-order valence-corrected chi connectivity index (χ1v) is 5.04. The first-order valence-electron chi connectivity index (χ1n) is 4.28. The summed E-state index contributed by atoms with van der Waals surface area (Å²) in [5.74, 6) is 0. The summed E-state index contributed by atoms with van der Waals surface area (Å²) in [5, 5.41) is 0.175. The van der Waals surface area contributed by atoms with E-state index in [1.807, 2.05) is 18.2 Å². The molecule has 0 bridgehead atoms. The summed E-state index contributed by atoms with van der Waals surface area (Å²) in [7, 11) is 0. The molecule has 6 heteroatoms. The van der Waals surface area contributed by atoms with Gasteiger partial charge in [-0.3, -0.25) is 4.98 Å². The number of rotatable bonds is 1. The zero-order valence-corrected chi connectivity index (χ0v) is 9.51. The van der Waals surface area contributed by atoms with Crippen molar-refractivity contribution in [3.63, 3.8) is 0 Å². The molecule has 0 fully saturated rings. The minimum atomic E-state index is -2.55. The molecular formula is C10H8Cl2F2N2. The number of H-pyrrole nitrogens is 1. The average Bonchev–Trinajstić information content (AvgIpc) is 2.63. The van der Waals surface area contributed by atoms with E-state index in [0.29, 0.717) is 0 Å². The highest BCUT2D eigenvalue weighted by atomic mass is 35.5. The predicted molar refractivity (Wildman–Crippen MR) is 60.0 cm³/mol. The van der Waals surface area contributed by atoms with Crippen LogP contribution in [0.15, 0.2) is 36.7 Å². The van der Waals surface area contributed by atoms with Crippen LogP contribution in [0.2, 0.25) is 10.2 Å². The highest BCUT2D eigenvalue weighted by Crippen LogP contribution is 2.27. The van der Waals surface area contributed by atoms with Crippen LogP contribution in [0.3, 0.4) is 0 Å². The van der Waals surface area contributed by atoms with Gasteiger partial charge in [-0.25, -0.2) is 8.78 Å². The van der Waals surface area contributed by atoms with Crippen LogP contribution in [0.1, 0.15) is 12.1 Å². The Hall–Kier alpha value is -1.13. The molecule has 0 spiro atoms. The normalized spacial score (nSPS) is 9.81. The van der Waals surface area contributed by atoms with Crippen LogP contribution in [0, 0.1) is 0 Å². The summed E-state index contributed by atoms with van der Waals surface area (Å²) in [6.07, 6.45) is 0.949. The maximum absolute atomic E-state index is 11.8. The molecule has 0 amide bonds. The summed E-state index contributed by atoms with van der Waals surface area (Å²) in [6.45, 7) is 0. The third-order valence-corrected chi connectivity index (χ3v) is 2.24. The molecular weight excluding hydrogens is 257 g/mol. The number of pyridine rings is 1. The predicted octanol–water partition coefficient (Wildman–Crippen LogP) is 4.34. The first-order chi connectivity index (χ1) is 7.61. The largest absolute Gasteiger partial charge is 0.344 e. The topological polar surface area (TPSA) is 28.7 Å². The second kappa shape index (κ2) is 6.45. The third-order valence-electron chi connectivity index (χ3n) is 1.55. The van der Waals surface area contributed by atoms with Gasteiger partial charge < -0.3 is 4.98 Å². The van der Waals surface area contributed by atoms with E-state index in [9.17, 15) is 8.78 Å². The maximum Gasteiger partial charge on any atom is 0.278 e. The molecule has 2 aromatic heterocycles. The van der Waals surface area contributed by atoms with E-state index in [4.69, 9.17) is 23.2 Å². The Kier molecular flexibility index (Phi) is 5.22. The lowest BCUT2D eigenvalue weighted by atomic mass is 10.5. The van der Waals surface area contributed by atoms with Crippen LogP contribution in [0.4, 0.5) is 8.78 Å². The fourth-order valence-electron chi connectivity index (χ4n) is 0.853. The number of nitrogens with one attached hydrogen (secondary N) is 1. The standard InChI is InChI=1S/C5H3Cl2F2N.C5H5N/c6-2-1-3(5(8)9)10-4(2)7;1-2-4-6-5-3-1/h1,5,10H;1-5H. The minimum Gasteiger partial charge on any atom is -0.344 e. The second-order valence-electron chi connectivity index (χ2n) is 2.71. The summed E-state index contributed by atoms with van der Waals surface area (Å²) in [6, 6.07) is 6.82. The number of hydrogen-bond donors (Lipinski definition) is 1. The number of alkyl halides is 2. The molecule has 2 nitrogen and oxygen atoms in total. The van der Waals surface area contributed by atoms with Gasteiger partial charge in [-0.2, -0.15) is 0 Å². The molecule has 0 aromatic carbocycles. The van der Waals surface area contributed by atoms with E-state index in [1.54, 1.807) is 12.4 Å². The van der Waals surface area contributed by atoms with Crippen molar-refractivity contribution in [2.24, 2.45) is 0 Å². The Morgan fingerprint density at radius 1 is 1.12 bits per heavy atom. The highest BCUT2D eigenvalue weighted by Gasteiger charge is 2.11. The summed E-state index contributed by atoms with van der Waals surface area (Å²) < 4.78 is 23.6. The van der Waals surface area contributed by atoms with Gasteiger partial charge in [0.1, 0.15) is 5.15 Å². The van der Waals surface area contributed by atoms with Gasteiger partial charge in [0.05, 0.1) is 10.7 Å². The van der Waals surface area contributed by atoms with Crippen molar-refractivity contribution in [2.45, 2.75) is 6.43 Å². The third kappa shape index (κ3) is 4.16. The molecule has 0 aliphatic heterocycles. The fourth-order valence-corrected chi connectivity index (χ4v) is 1.18. The molecule has 0 atom stereocenters.